The highest BCUT2D eigenvalue weighted by atomic mass is 19.1. The van der Waals surface area contributed by atoms with Gasteiger partial charge in [0.05, 0.1) is 17.7 Å². The van der Waals surface area contributed by atoms with Crippen LogP contribution in [-0.2, 0) is 0 Å². The molecule has 1 aromatic heterocycles. The zero-order valence-electron chi connectivity index (χ0n) is 11.7. The standard InChI is InChI=1S/C15H17FN2O2/c1-9-7-11(14(20)18-15(2,3)8-19)10-5-4-6-12(16)13(10)17-9/h4-7,19H,8H2,1-3H3,(H,18,20). The van der Waals surface area contributed by atoms with Crippen molar-refractivity contribution in [1.29, 1.82) is 0 Å². The van der Waals surface area contributed by atoms with Crippen molar-refractivity contribution >= 4 is 16.8 Å². The van der Waals surface area contributed by atoms with Gasteiger partial charge < -0.3 is 10.4 Å². The van der Waals surface area contributed by atoms with Crippen LogP contribution < -0.4 is 5.32 Å². The van der Waals surface area contributed by atoms with E-state index in [1.165, 1.54) is 6.07 Å². The first-order valence-electron chi connectivity index (χ1n) is 6.33. The molecule has 1 aromatic carbocycles. The Bertz CT molecular complexity index is 668. The molecule has 20 heavy (non-hydrogen) atoms. The van der Waals surface area contributed by atoms with Crippen molar-refractivity contribution in [2.75, 3.05) is 6.61 Å². The van der Waals surface area contributed by atoms with Crippen LogP contribution in [0, 0.1) is 12.7 Å². The number of aliphatic hydroxyl groups excluding tert-OH is 1. The van der Waals surface area contributed by atoms with Crippen LogP contribution in [0.15, 0.2) is 24.3 Å². The number of amides is 1. The number of nitrogens with one attached hydrogen (secondary N) is 1. The zero-order chi connectivity index (χ0) is 14.9. The molecular formula is C15H17FN2O2. The largest absolute Gasteiger partial charge is 0.394 e. The van der Waals surface area contributed by atoms with E-state index < -0.39 is 11.4 Å². The third-order valence-corrected chi connectivity index (χ3v) is 3.01. The van der Waals surface area contributed by atoms with Crippen molar-refractivity contribution in [1.82, 2.24) is 10.3 Å². The smallest absolute Gasteiger partial charge is 0.252 e. The molecule has 0 unspecified atom stereocenters. The Morgan fingerprint density at radius 1 is 1.45 bits per heavy atom. The average molecular weight is 276 g/mol. The molecule has 106 valence electrons. The number of pyridine rings is 1. The summed E-state index contributed by atoms with van der Waals surface area (Å²) in [5.74, 6) is -0.813. The summed E-state index contributed by atoms with van der Waals surface area (Å²) in [6.07, 6.45) is 0. The molecule has 0 saturated heterocycles. The van der Waals surface area contributed by atoms with Crippen LogP contribution in [0.2, 0.25) is 0 Å². The molecule has 0 spiro atoms. The fraction of sp³-hybridized carbons (Fsp3) is 0.333. The lowest BCUT2D eigenvalue weighted by atomic mass is 10.0. The van der Waals surface area contributed by atoms with Gasteiger partial charge in [-0.2, -0.15) is 0 Å². The predicted octanol–water partition coefficient (Wildman–Crippen LogP) is 2.18. The van der Waals surface area contributed by atoms with Crippen molar-refractivity contribution in [3.63, 3.8) is 0 Å². The van der Waals surface area contributed by atoms with Gasteiger partial charge in [-0.15, -0.1) is 0 Å². The zero-order valence-corrected chi connectivity index (χ0v) is 11.7. The van der Waals surface area contributed by atoms with Gasteiger partial charge in [0.2, 0.25) is 0 Å². The van der Waals surface area contributed by atoms with Gasteiger partial charge in [0.15, 0.2) is 0 Å². The number of hydrogen-bond donors (Lipinski definition) is 2. The monoisotopic (exact) mass is 276 g/mol. The predicted molar refractivity (Wildman–Crippen MR) is 75.1 cm³/mol. The molecule has 2 N–H and O–H groups in total. The fourth-order valence-corrected chi connectivity index (χ4v) is 1.94. The molecule has 0 aliphatic heterocycles. The maximum Gasteiger partial charge on any atom is 0.252 e. The first-order valence-corrected chi connectivity index (χ1v) is 6.33. The van der Waals surface area contributed by atoms with Gasteiger partial charge in [0.1, 0.15) is 11.3 Å². The number of aliphatic hydroxyl groups is 1. The molecule has 0 aliphatic rings. The van der Waals surface area contributed by atoms with Crippen LogP contribution in [-0.4, -0.2) is 28.1 Å². The molecular weight excluding hydrogens is 259 g/mol. The third-order valence-electron chi connectivity index (χ3n) is 3.01. The summed E-state index contributed by atoms with van der Waals surface area (Å²) in [6, 6.07) is 6.13. The first kappa shape index (κ1) is 14.4. The van der Waals surface area contributed by atoms with Crippen molar-refractivity contribution < 1.29 is 14.3 Å². The summed E-state index contributed by atoms with van der Waals surface area (Å²) in [7, 11) is 0. The quantitative estimate of drug-likeness (QED) is 0.903. The summed E-state index contributed by atoms with van der Waals surface area (Å²) in [5, 5.41) is 12.4. The van der Waals surface area contributed by atoms with Gasteiger partial charge in [0.25, 0.3) is 5.91 Å². The van der Waals surface area contributed by atoms with E-state index in [9.17, 15) is 14.3 Å². The molecule has 5 heteroatoms. The fourth-order valence-electron chi connectivity index (χ4n) is 1.94. The van der Waals surface area contributed by atoms with Crippen molar-refractivity contribution in [3.8, 4) is 0 Å². The maximum atomic E-state index is 13.8. The Morgan fingerprint density at radius 3 is 2.80 bits per heavy atom. The molecule has 1 heterocycles. The van der Waals surface area contributed by atoms with E-state index in [1.54, 1.807) is 39.0 Å². The summed E-state index contributed by atoms with van der Waals surface area (Å²) >= 11 is 0. The third kappa shape index (κ3) is 2.77. The van der Waals surface area contributed by atoms with Gasteiger partial charge in [0, 0.05) is 11.1 Å². The van der Waals surface area contributed by atoms with Crippen LogP contribution in [0.1, 0.15) is 29.9 Å². The molecule has 0 atom stereocenters. The molecule has 1 amide bonds. The number of fused-ring (bicyclic) bond motifs is 1. The number of rotatable bonds is 3. The Morgan fingerprint density at radius 2 is 2.15 bits per heavy atom. The Kier molecular flexibility index (Phi) is 3.72. The molecule has 0 aliphatic carbocycles. The van der Waals surface area contributed by atoms with Crippen LogP contribution in [0.3, 0.4) is 0 Å². The summed E-state index contributed by atoms with van der Waals surface area (Å²) < 4.78 is 13.8. The molecule has 0 fully saturated rings. The topological polar surface area (TPSA) is 62.2 Å². The molecule has 0 bridgehead atoms. The van der Waals surface area contributed by atoms with Gasteiger partial charge in [-0.3, -0.25) is 4.79 Å². The second-order valence-electron chi connectivity index (χ2n) is 5.44. The normalized spacial score (nSPS) is 11.7. The van der Waals surface area contributed by atoms with E-state index in [1.807, 2.05) is 0 Å². The van der Waals surface area contributed by atoms with Gasteiger partial charge in [-0.05, 0) is 32.9 Å². The minimum Gasteiger partial charge on any atom is -0.394 e. The average Bonchev–Trinajstić information content (AvgIpc) is 2.38. The Labute approximate surface area is 116 Å². The molecule has 2 rings (SSSR count). The molecule has 2 aromatic rings. The van der Waals surface area contributed by atoms with Crippen LogP contribution in [0.25, 0.3) is 10.9 Å². The van der Waals surface area contributed by atoms with Gasteiger partial charge >= 0.3 is 0 Å². The van der Waals surface area contributed by atoms with Gasteiger partial charge in [-0.1, -0.05) is 12.1 Å². The lowest BCUT2D eigenvalue weighted by Gasteiger charge is -2.24. The van der Waals surface area contributed by atoms with Crippen LogP contribution in [0.4, 0.5) is 4.39 Å². The lowest BCUT2D eigenvalue weighted by Crippen LogP contribution is -2.46. The van der Waals surface area contributed by atoms with Gasteiger partial charge in [-0.25, -0.2) is 9.37 Å². The highest BCUT2D eigenvalue weighted by molar-refractivity contribution is 6.06. The number of carbonyl (C=O) groups is 1. The number of aryl methyl sites for hydroxylation is 1. The van der Waals surface area contributed by atoms with E-state index in [-0.39, 0.29) is 18.0 Å². The summed E-state index contributed by atoms with van der Waals surface area (Å²) in [5.41, 5.74) is 0.357. The van der Waals surface area contributed by atoms with E-state index in [0.717, 1.165) is 0 Å². The maximum absolute atomic E-state index is 13.8. The highest BCUT2D eigenvalue weighted by Crippen LogP contribution is 2.21. The van der Waals surface area contributed by atoms with Crippen molar-refractivity contribution in [2.24, 2.45) is 0 Å². The minimum atomic E-state index is -0.742. The lowest BCUT2D eigenvalue weighted by molar-refractivity contribution is 0.0871. The van der Waals surface area contributed by atoms with Crippen LogP contribution in [0.5, 0.6) is 0 Å². The highest BCUT2D eigenvalue weighted by Gasteiger charge is 2.22. The molecule has 0 radical (unpaired) electrons. The number of benzene rings is 1. The van der Waals surface area contributed by atoms with Crippen molar-refractivity contribution in [2.45, 2.75) is 26.3 Å². The van der Waals surface area contributed by atoms with E-state index in [2.05, 4.69) is 10.3 Å². The van der Waals surface area contributed by atoms with E-state index in [0.29, 0.717) is 16.6 Å². The Hall–Kier alpha value is -2.01. The SMILES string of the molecule is Cc1cc(C(=O)NC(C)(C)CO)c2cccc(F)c2n1. The number of halogens is 1. The van der Waals surface area contributed by atoms with Crippen LogP contribution >= 0.6 is 0 Å². The second kappa shape index (κ2) is 5.17. The molecule has 4 nitrogen and oxygen atoms in total. The number of hydrogen-bond acceptors (Lipinski definition) is 3. The number of para-hydroxylation sites is 1. The van der Waals surface area contributed by atoms with E-state index in [4.69, 9.17) is 0 Å². The second-order valence-corrected chi connectivity index (χ2v) is 5.44. The number of aromatic nitrogens is 1. The number of nitrogens with zero attached hydrogens (tertiary/aromatic N) is 1. The minimum absolute atomic E-state index is 0.180. The van der Waals surface area contributed by atoms with E-state index >= 15 is 0 Å². The Balaban J connectivity index is 2.54. The summed E-state index contributed by atoms with van der Waals surface area (Å²) in [4.78, 5) is 16.5. The molecule has 0 saturated carbocycles. The first-order chi connectivity index (χ1) is 9.34. The number of carbonyl (C=O) groups excluding carboxylic acids is 1. The summed E-state index contributed by atoms with van der Waals surface area (Å²) in [6.45, 7) is 4.94. The van der Waals surface area contributed by atoms with Crippen molar-refractivity contribution in [3.05, 3.63) is 41.3 Å².